The van der Waals surface area contributed by atoms with Crippen LogP contribution in [0.15, 0.2) is 42.5 Å². The van der Waals surface area contributed by atoms with Gasteiger partial charge in [-0.2, -0.15) is 0 Å². The minimum absolute atomic E-state index is 0.155. The molecule has 2 rings (SSSR count). The molecule has 0 radical (unpaired) electrons. The van der Waals surface area contributed by atoms with Crippen LogP contribution in [0.25, 0.3) is 0 Å². The topological polar surface area (TPSA) is 0 Å². The molecule has 20 heavy (non-hydrogen) atoms. The molecule has 2 aromatic rings. The second-order valence-electron chi connectivity index (χ2n) is 6.54. The average molecular weight is 331 g/mol. The van der Waals surface area contributed by atoms with Crippen LogP contribution in [0, 0.1) is 13.8 Å². The minimum atomic E-state index is 0.155. The van der Waals surface area contributed by atoms with Crippen LogP contribution in [0.4, 0.5) is 0 Å². The molecule has 1 heteroatoms. The van der Waals surface area contributed by atoms with E-state index in [4.69, 9.17) is 0 Å². The Morgan fingerprint density at radius 2 is 1.55 bits per heavy atom. The van der Waals surface area contributed by atoms with Gasteiger partial charge in [0.05, 0.1) is 4.83 Å². The summed E-state index contributed by atoms with van der Waals surface area (Å²) in [4.78, 5) is 0.247. The molecule has 0 aliphatic heterocycles. The molecule has 0 spiro atoms. The molecule has 0 N–H and O–H groups in total. The molecule has 1 unspecified atom stereocenters. The van der Waals surface area contributed by atoms with Gasteiger partial charge in [0.25, 0.3) is 0 Å². The second kappa shape index (κ2) is 5.73. The molecule has 0 bridgehead atoms. The lowest BCUT2D eigenvalue weighted by Gasteiger charge is -2.25. The van der Waals surface area contributed by atoms with Crippen molar-refractivity contribution in [3.63, 3.8) is 0 Å². The van der Waals surface area contributed by atoms with Gasteiger partial charge in [0, 0.05) is 0 Å². The lowest BCUT2D eigenvalue weighted by Crippen LogP contribution is -2.15. The van der Waals surface area contributed by atoms with Crippen molar-refractivity contribution in [1.29, 1.82) is 0 Å². The predicted octanol–water partition coefficient (Wildman–Crippen LogP) is 6.09. The first-order chi connectivity index (χ1) is 9.30. The summed E-state index contributed by atoms with van der Waals surface area (Å²) < 4.78 is 0. The highest BCUT2D eigenvalue weighted by Crippen LogP contribution is 2.37. The average Bonchev–Trinajstić information content (AvgIpc) is 2.40. The highest BCUT2D eigenvalue weighted by atomic mass is 79.9. The summed E-state index contributed by atoms with van der Waals surface area (Å²) in [5, 5.41) is 0. The van der Waals surface area contributed by atoms with E-state index in [1.54, 1.807) is 0 Å². The van der Waals surface area contributed by atoms with E-state index >= 15 is 0 Å². The quantitative estimate of drug-likeness (QED) is 0.585. The Bertz CT molecular complexity index is 605. The van der Waals surface area contributed by atoms with Crippen LogP contribution in [0.5, 0.6) is 0 Å². The number of benzene rings is 2. The van der Waals surface area contributed by atoms with E-state index in [2.05, 4.69) is 93.0 Å². The fourth-order valence-electron chi connectivity index (χ4n) is 2.50. The van der Waals surface area contributed by atoms with E-state index in [1.807, 2.05) is 0 Å². The summed E-state index contributed by atoms with van der Waals surface area (Å²) in [5.41, 5.74) is 6.94. The molecular weight excluding hydrogens is 308 g/mol. The van der Waals surface area contributed by atoms with Crippen molar-refractivity contribution < 1.29 is 0 Å². The van der Waals surface area contributed by atoms with E-state index in [-0.39, 0.29) is 10.2 Å². The van der Waals surface area contributed by atoms with Crippen molar-refractivity contribution in [1.82, 2.24) is 0 Å². The lowest BCUT2D eigenvalue weighted by molar-refractivity contribution is 0.584. The summed E-state index contributed by atoms with van der Waals surface area (Å²) in [7, 11) is 0. The molecule has 0 saturated carbocycles. The smallest absolute Gasteiger partial charge is 0.0647 e. The summed E-state index contributed by atoms with van der Waals surface area (Å²) in [6.07, 6.45) is 0. The van der Waals surface area contributed by atoms with Crippen molar-refractivity contribution in [3.05, 3.63) is 70.3 Å². The van der Waals surface area contributed by atoms with Crippen LogP contribution in [0.2, 0.25) is 0 Å². The normalized spacial score (nSPS) is 13.3. The van der Waals surface area contributed by atoms with Crippen molar-refractivity contribution in [2.45, 2.75) is 44.9 Å². The van der Waals surface area contributed by atoms with Crippen LogP contribution in [0.1, 0.15) is 53.4 Å². The Morgan fingerprint density at radius 1 is 0.900 bits per heavy atom. The summed E-state index contributed by atoms with van der Waals surface area (Å²) in [6.45, 7) is 11.1. The Balaban J connectivity index is 2.48. The highest BCUT2D eigenvalue weighted by Gasteiger charge is 2.22. The van der Waals surface area contributed by atoms with E-state index < -0.39 is 0 Å². The Labute approximate surface area is 131 Å². The van der Waals surface area contributed by atoms with Gasteiger partial charge in [-0.3, -0.25) is 0 Å². The van der Waals surface area contributed by atoms with Crippen molar-refractivity contribution >= 4 is 15.9 Å². The summed E-state index contributed by atoms with van der Waals surface area (Å²) >= 11 is 3.90. The molecule has 0 aliphatic carbocycles. The van der Waals surface area contributed by atoms with E-state index in [0.717, 1.165) is 0 Å². The Morgan fingerprint density at radius 3 is 2.15 bits per heavy atom. The molecule has 0 amide bonds. The van der Waals surface area contributed by atoms with Crippen LogP contribution in [-0.4, -0.2) is 0 Å². The maximum atomic E-state index is 3.90. The third-order valence-electron chi connectivity index (χ3n) is 3.87. The van der Waals surface area contributed by atoms with Gasteiger partial charge < -0.3 is 0 Å². The molecule has 0 saturated heterocycles. The number of halogens is 1. The third-order valence-corrected chi connectivity index (χ3v) is 4.89. The third kappa shape index (κ3) is 3.15. The van der Waals surface area contributed by atoms with Gasteiger partial charge in [0.1, 0.15) is 0 Å². The van der Waals surface area contributed by atoms with E-state index in [0.29, 0.717) is 0 Å². The van der Waals surface area contributed by atoms with Gasteiger partial charge in [0.15, 0.2) is 0 Å². The van der Waals surface area contributed by atoms with Crippen molar-refractivity contribution in [3.8, 4) is 0 Å². The van der Waals surface area contributed by atoms with Gasteiger partial charge in [-0.25, -0.2) is 0 Å². The Hall–Kier alpha value is -1.08. The number of hydrogen-bond acceptors (Lipinski definition) is 0. The number of hydrogen-bond donors (Lipinski definition) is 0. The summed E-state index contributed by atoms with van der Waals surface area (Å²) in [6, 6.07) is 15.4. The van der Waals surface area contributed by atoms with Gasteiger partial charge in [-0.15, -0.1) is 0 Å². The fraction of sp³-hybridized carbons (Fsp3) is 0.368. The van der Waals surface area contributed by atoms with Gasteiger partial charge in [0.2, 0.25) is 0 Å². The predicted molar refractivity (Wildman–Crippen MR) is 91.8 cm³/mol. The monoisotopic (exact) mass is 330 g/mol. The maximum absolute atomic E-state index is 3.90. The minimum Gasteiger partial charge on any atom is -0.0786 e. The summed E-state index contributed by atoms with van der Waals surface area (Å²) in [5.74, 6) is 0. The van der Waals surface area contributed by atoms with Gasteiger partial charge >= 0.3 is 0 Å². The number of rotatable bonds is 2. The second-order valence-corrected chi connectivity index (χ2v) is 7.46. The molecule has 0 nitrogen and oxygen atoms in total. The number of aryl methyl sites for hydroxylation is 2. The molecule has 106 valence electrons. The molecule has 0 aliphatic rings. The zero-order chi connectivity index (χ0) is 14.9. The molecule has 2 aromatic carbocycles. The van der Waals surface area contributed by atoms with Crippen molar-refractivity contribution in [2.24, 2.45) is 0 Å². The van der Waals surface area contributed by atoms with Crippen LogP contribution in [0.3, 0.4) is 0 Å². The first-order valence-electron chi connectivity index (χ1n) is 7.11. The number of alkyl halides is 1. The largest absolute Gasteiger partial charge is 0.0786 e. The van der Waals surface area contributed by atoms with Gasteiger partial charge in [-0.05, 0) is 47.1 Å². The van der Waals surface area contributed by atoms with E-state index in [9.17, 15) is 0 Å². The molecule has 0 heterocycles. The first-order valence-corrected chi connectivity index (χ1v) is 8.03. The maximum Gasteiger partial charge on any atom is 0.0647 e. The first kappa shape index (κ1) is 15.3. The SMILES string of the molecule is Cc1ccc(C(Br)c2ccccc2C(C)(C)C)cc1C. The van der Waals surface area contributed by atoms with Gasteiger partial charge in [-0.1, -0.05) is 79.2 Å². The molecule has 1 atom stereocenters. The zero-order valence-electron chi connectivity index (χ0n) is 13.0. The van der Waals surface area contributed by atoms with Crippen LogP contribution in [-0.2, 0) is 5.41 Å². The molecule has 0 fully saturated rings. The molecular formula is C19H23Br. The standard InChI is InChI=1S/C19H23Br/c1-13-10-11-15(12-14(13)2)18(20)16-8-6-7-9-17(16)19(3,4)5/h6-12,18H,1-5H3. The Kier molecular flexibility index (Phi) is 4.39. The highest BCUT2D eigenvalue weighted by molar-refractivity contribution is 9.09. The lowest BCUT2D eigenvalue weighted by atomic mass is 9.82. The zero-order valence-corrected chi connectivity index (χ0v) is 14.6. The van der Waals surface area contributed by atoms with E-state index in [1.165, 1.54) is 27.8 Å². The van der Waals surface area contributed by atoms with Crippen LogP contribution < -0.4 is 0 Å². The molecule has 0 aromatic heterocycles. The van der Waals surface area contributed by atoms with Crippen LogP contribution >= 0.6 is 15.9 Å². The fourth-order valence-corrected chi connectivity index (χ4v) is 3.19. The van der Waals surface area contributed by atoms with Crippen molar-refractivity contribution in [2.75, 3.05) is 0 Å².